The van der Waals surface area contributed by atoms with E-state index in [4.69, 9.17) is 5.73 Å². The van der Waals surface area contributed by atoms with E-state index >= 15 is 0 Å². The lowest BCUT2D eigenvalue weighted by atomic mass is 9.83. The zero-order valence-electron chi connectivity index (χ0n) is 7.18. The van der Waals surface area contributed by atoms with Crippen LogP contribution in [0.1, 0.15) is 39.0 Å². The highest BCUT2D eigenvalue weighted by atomic mass is 16.1. The molecule has 1 fully saturated rings. The minimum absolute atomic E-state index is 0.281. The third-order valence-corrected chi connectivity index (χ3v) is 2.52. The van der Waals surface area contributed by atoms with Crippen molar-refractivity contribution in [2.75, 3.05) is 0 Å². The third-order valence-electron chi connectivity index (χ3n) is 2.52. The lowest BCUT2D eigenvalue weighted by Gasteiger charge is -2.24. The SMILES string of the molecule is CCC(=O)[C@@H]1CCC[C@H](N)C1. The molecule has 0 saturated heterocycles. The van der Waals surface area contributed by atoms with Gasteiger partial charge in [0.25, 0.3) is 0 Å². The van der Waals surface area contributed by atoms with E-state index in [2.05, 4.69) is 0 Å². The summed E-state index contributed by atoms with van der Waals surface area (Å²) in [7, 11) is 0. The van der Waals surface area contributed by atoms with Crippen LogP contribution in [0.25, 0.3) is 0 Å². The van der Waals surface area contributed by atoms with Gasteiger partial charge < -0.3 is 5.73 Å². The zero-order chi connectivity index (χ0) is 8.27. The first-order valence-corrected chi connectivity index (χ1v) is 4.52. The maximum absolute atomic E-state index is 11.3. The van der Waals surface area contributed by atoms with Gasteiger partial charge in [0.1, 0.15) is 5.78 Å². The number of carbonyl (C=O) groups is 1. The van der Waals surface area contributed by atoms with Crippen molar-refractivity contribution in [3.05, 3.63) is 0 Å². The number of hydrogen-bond donors (Lipinski definition) is 1. The Balaban J connectivity index is 2.39. The Kier molecular flexibility index (Phi) is 3.06. The average molecular weight is 155 g/mol. The van der Waals surface area contributed by atoms with Gasteiger partial charge in [0.2, 0.25) is 0 Å². The van der Waals surface area contributed by atoms with Crippen LogP contribution in [0.2, 0.25) is 0 Å². The molecule has 0 aromatic rings. The van der Waals surface area contributed by atoms with E-state index in [1.54, 1.807) is 0 Å². The molecule has 0 amide bonds. The fraction of sp³-hybridized carbons (Fsp3) is 0.889. The topological polar surface area (TPSA) is 43.1 Å². The van der Waals surface area contributed by atoms with Gasteiger partial charge in [-0.3, -0.25) is 4.79 Å². The maximum Gasteiger partial charge on any atom is 0.135 e. The lowest BCUT2D eigenvalue weighted by molar-refractivity contribution is -0.123. The molecule has 0 aromatic carbocycles. The van der Waals surface area contributed by atoms with Gasteiger partial charge in [0.05, 0.1) is 0 Å². The van der Waals surface area contributed by atoms with Gasteiger partial charge in [-0.25, -0.2) is 0 Å². The van der Waals surface area contributed by atoms with Crippen molar-refractivity contribution in [3.8, 4) is 0 Å². The van der Waals surface area contributed by atoms with Crippen molar-refractivity contribution >= 4 is 5.78 Å². The molecule has 0 spiro atoms. The molecule has 0 bridgehead atoms. The van der Waals surface area contributed by atoms with Gasteiger partial charge >= 0.3 is 0 Å². The quantitative estimate of drug-likeness (QED) is 0.656. The van der Waals surface area contributed by atoms with Gasteiger partial charge in [-0.2, -0.15) is 0 Å². The van der Waals surface area contributed by atoms with Crippen molar-refractivity contribution in [3.63, 3.8) is 0 Å². The fourth-order valence-corrected chi connectivity index (χ4v) is 1.81. The van der Waals surface area contributed by atoms with E-state index in [1.807, 2.05) is 6.92 Å². The molecule has 0 aromatic heterocycles. The van der Waals surface area contributed by atoms with Crippen LogP contribution >= 0.6 is 0 Å². The number of nitrogens with two attached hydrogens (primary N) is 1. The molecule has 11 heavy (non-hydrogen) atoms. The molecule has 1 aliphatic rings. The normalized spacial score (nSPS) is 31.8. The summed E-state index contributed by atoms with van der Waals surface area (Å²) in [5.74, 6) is 0.684. The minimum Gasteiger partial charge on any atom is -0.328 e. The fourth-order valence-electron chi connectivity index (χ4n) is 1.81. The molecule has 64 valence electrons. The highest BCUT2D eigenvalue weighted by molar-refractivity contribution is 5.80. The van der Waals surface area contributed by atoms with Crippen LogP contribution in [0.5, 0.6) is 0 Å². The summed E-state index contributed by atoms with van der Waals surface area (Å²) in [5, 5.41) is 0. The second-order valence-corrected chi connectivity index (χ2v) is 3.44. The Morgan fingerprint density at radius 1 is 1.55 bits per heavy atom. The summed E-state index contributed by atoms with van der Waals surface area (Å²) in [6, 6.07) is 0.282. The molecular weight excluding hydrogens is 138 g/mol. The molecule has 1 saturated carbocycles. The highest BCUT2D eigenvalue weighted by Gasteiger charge is 2.23. The van der Waals surface area contributed by atoms with Gasteiger partial charge in [-0.05, 0) is 19.3 Å². The van der Waals surface area contributed by atoms with E-state index in [0.717, 1.165) is 25.7 Å². The number of ketones is 1. The lowest BCUT2D eigenvalue weighted by Crippen LogP contribution is -2.31. The Morgan fingerprint density at radius 2 is 2.27 bits per heavy atom. The number of Topliss-reactive ketones (excluding diaryl/α,β-unsaturated/α-hetero) is 1. The van der Waals surface area contributed by atoms with Crippen molar-refractivity contribution in [1.82, 2.24) is 0 Å². The van der Waals surface area contributed by atoms with Gasteiger partial charge in [0, 0.05) is 18.4 Å². The standard InChI is InChI=1S/C9H17NO/c1-2-9(11)7-4-3-5-8(10)6-7/h7-8H,2-6,10H2,1H3/t7-,8+/m1/s1. The molecule has 0 radical (unpaired) electrons. The van der Waals surface area contributed by atoms with Gasteiger partial charge in [0.15, 0.2) is 0 Å². The minimum atomic E-state index is 0.281. The number of rotatable bonds is 2. The Morgan fingerprint density at radius 3 is 2.82 bits per heavy atom. The van der Waals surface area contributed by atoms with Crippen LogP contribution in [-0.2, 0) is 4.79 Å². The smallest absolute Gasteiger partial charge is 0.135 e. The monoisotopic (exact) mass is 155 g/mol. The maximum atomic E-state index is 11.3. The second-order valence-electron chi connectivity index (χ2n) is 3.44. The van der Waals surface area contributed by atoms with Crippen LogP contribution in [0, 0.1) is 5.92 Å². The number of carbonyl (C=O) groups excluding carboxylic acids is 1. The van der Waals surface area contributed by atoms with E-state index < -0.39 is 0 Å². The molecule has 2 nitrogen and oxygen atoms in total. The van der Waals surface area contributed by atoms with Crippen LogP contribution in [-0.4, -0.2) is 11.8 Å². The van der Waals surface area contributed by atoms with Crippen LogP contribution in [0.4, 0.5) is 0 Å². The second kappa shape index (κ2) is 3.86. The summed E-state index contributed by atoms with van der Waals surface area (Å²) < 4.78 is 0. The van der Waals surface area contributed by atoms with Crippen molar-refractivity contribution in [2.45, 2.75) is 45.1 Å². The van der Waals surface area contributed by atoms with Crippen molar-refractivity contribution < 1.29 is 4.79 Å². The Hall–Kier alpha value is -0.370. The molecule has 0 heterocycles. The molecule has 0 aliphatic heterocycles. The summed E-state index contributed by atoms with van der Waals surface area (Å²) >= 11 is 0. The zero-order valence-corrected chi connectivity index (χ0v) is 7.18. The molecule has 1 aliphatic carbocycles. The Bertz CT molecular complexity index is 144. The first-order chi connectivity index (χ1) is 5.24. The van der Waals surface area contributed by atoms with E-state index in [9.17, 15) is 4.79 Å². The average Bonchev–Trinajstić information content (AvgIpc) is 2.03. The number of hydrogen-bond acceptors (Lipinski definition) is 2. The van der Waals surface area contributed by atoms with Crippen molar-refractivity contribution in [2.24, 2.45) is 11.7 Å². The van der Waals surface area contributed by atoms with Crippen LogP contribution in [0.15, 0.2) is 0 Å². The van der Waals surface area contributed by atoms with Crippen LogP contribution < -0.4 is 5.73 Å². The first kappa shape index (κ1) is 8.72. The third kappa shape index (κ3) is 2.29. The predicted molar refractivity (Wildman–Crippen MR) is 45.2 cm³/mol. The highest BCUT2D eigenvalue weighted by Crippen LogP contribution is 2.24. The largest absolute Gasteiger partial charge is 0.328 e. The Labute approximate surface area is 68.2 Å². The molecule has 0 unspecified atom stereocenters. The van der Waals surface area contributed by atoms with E-state index in [0.29, 0.717) is 12.2 Å². The van der Waals surface area contributed by atoms with Gasteiger partial charge in [-0.1, -0.05) is 13.3 Å². The molecular formula is C9H17NO. The predicted octanol–water partition coefficient (Wildman–Crippen LogP) is 1.48. The molecule has 2 atom stereocenters. The van der Waals surface area contributed by atoms with E-state index in [-0.39, 0.29) is 12.0 Å². The van der Waals surface area contributed by atoms with E-state index in [1.165, 1.54) is 0 Å². The molecule has 2 heteroatoms. The summed E-state index contributed by atoms with van der Waals surface area (Å²) in [6.45, 7) is 1.93. The summed E-state index contributed by atoms with van der Waals surface area (Å²) in [4.78, 5) is 11.3. The summed E-state index contributed by atoms with van der Waals surface area (Å²) in [5.41, 5.74) is 5.77. The van der Waals surface area contributed by atoms with Crippen LogP contribution in [0.3, 0.4) is 0 Å². The molecule has 1 rings (SSSR count). The van der Waals surface area contributed by atoms with Gasteiger partial charge in [-0.15, -0.1) is 0 Å². The first-order valence-electron chi connectivity index (χ1n) is 4.52. The summed E-state index contributed by atoms with van der Waals surface area (Å²) in [6.07, 6.45) is 4.91. The van der Waals surface area contributed by atoms with Crippen molar-refractivity contribution in [1.29, 1.82) is 0 Å². The molecule has 2 N–H and O–H groups in total.